The highest BCUT2D eigenvalue weighted by Gasteiger charge is 2.22. The van der Waals surface area contributed by atoms with Crippen LogP contribution in [0.4, 0.5) is 5.82 Å². The minimum atomic E-state index is -1.07. The van der Waals surface area contributed by atoms with E-state index in [9.17, 15) is 4.79 Å². The van der Waals surface area contributed by atoms with Gasteiger partial charge in [-0.1, -0.05) is 18.2 Å². The van der Waals surface area contributed by atoms with Gasteiger partial charge in [0.2, 0.25) is 0 Å². The zero-order chi connectivity index (χ0) is 14.7. The fourth-order valence-corrected chi connectivity index (χ4v) is 1.85. The van der Waals surface area contributed by atoms with E-state index in [0.717, 1.165) is 12.8 Å². The van der Waals surface area contributed by atoms with Gasteiger partial charge >= 0.3 is 5.97 Å². The van der Waals surface area contributed by atoms with E-state index >= 15 is 0 Å². The Morgan fingerprint density at radius 1 is 1.29 bits per heavy atom. The van der Waals surface area contributed by atoms with Gasteiger partial charge in [0.05, 0.1) is 0 Å². The predicted molar refractivity (Wildman–Crippen MR) is 76.4 cm³/mol. The molecule has 0 saturated heterocycles. The zero-order valence-electron chi connectivity index (χ0n) is 11.3. The summed E-state index contributed by atoms with van der Waals surface area (Å²) in [5.41, 5.74) is -0.0280. The molecule has 1 heterocycles. The van der Waals surface area contributed by atoms with Crippen molar-refractivity contribution < 1.29 is 14.6 Å². The third-order valence-corrected chi connectivity index (χ3v) is 3.03. The summed E-state index contributed by atoms with van der Waals surface area (Å²) in [5, 5.41) is 12.3. The molecule has 2 aromatic rings. The van der Waals surface area contributed by atoms with Gasteiger partial charge in [-0.25, -0.2) is 14.8 Å². The molecule has 0 unspecified atom stereocenters. The molecule has 0 atom stereocenters. The van der Waals surface area contributed by atoms with Crippen LogP contribution in [-0.4, -0.2) is 27.1 Å². The number of hydrogen-bond donors (Lipinski definition) is 2. The monoisotopic (exact) mass is 285 g/mol. The van der Waals surface area contributed by atoms with E-state index in [-0.39, 0.29) is 12.3 Å². The molecular weight excluding hydrogens is 270 g/mol. The number of aromatic nitrogens is 2. The Kier molecular flexibility index (Phi) is 3.68. The lowest BCUT2D eigenvalue weighted by atomic mass is 10.3. The van der Waals surface area contributed by atoms with Crippen molar-refractivity contribution in [1.29, 1.82) is 0 Å². The summed E-state index contributed by atoms with van der Waals surface area (Å²) < 4.78 is 5.56. The van der Waals surface area contributed by atoms with Crippen molar-refractivity contribution in [2.24, 2.45) is 0 Å². The number of nitrogens with one attached hydrogen (secondary N) is 1. The first-order chi connectivity index (χ1) is 10.2. The fourth-order valence-electron chi connectivity index (χ4n) is 1.85. The van der Waals surface area contributed by atoms with E-state index in [0.29, 0.717) is 23.4 Å². The lowest BCUT2D eigenvalue weighted by molar-refractivity contribution is 0.0689. The second-order valence-corrected chi connectivity index (χ2v) is 4.88. The maximum Gasteiger partial charge on any atom is 0.354 e. The number of para-hydroxylation sites is 1. The van der Waals surface area contributed by atoms with Crippen molar-refractivity contribution in [2.45, 2.75) is 25.5 Å². The largest absolute Gasteiger partial charge is 0.486 e. The minimum Gasteiger partial charge on any atom is -0.486 e. The molecule has 1 aromatic carbocycles. The smallest absolute Gasteiger partial charge is 0.354 e. The summed E-state index contributed by atoms with van der Waals surface area (Å²) >= 11 is 0. The molecule has 0 spiro atoms. The first-order valence-corrected chi connectivity index (χ1v) is 6.76. The third-order valence-electron chi connectivity index (χ3n) is 3.03. The average molecular weight is 285 g/mol. The number of nitrogens with zero attached hydrogens (tertiary/aromatic N) is 2. The van der Waals surface area contributed by atoms with E-state index in [4.69, 9.17) is 9.84 Å². The van der Waals surface area contributed by atoms with Gasteiger partial charge in [-0.05, 0) is 25.0 Å². The molecule has 21 heavy (non-hydrogen) atoms. The van der Waals surface area contributed by atoms with Crippen molar-refractivity contribution in [3.05, 3.63) is 47.9 Å². The number of aromatic carboxylic acids is 1. The van der Waals surface area contributed by atoms with Gasteiger partial charge < -0.3 is 15.2 Å². The summed E-state index contributed by atoms with van der Waals surface area (Å²) in [6, 6.07) is 11.1. The molecule has 6 nitrogen and oxygen atoms in total. The van der Waals surface area contributed by atoms with Crippen LogP contribution >= 0.6 is 0 Å². The molecule has 1 aromatic heterocycles. The maximum atomic E-state index is 11.1. The SMILES string of the molecule is O=C(O)c1cc(NC2CC2)nc(COc2ccccc2)n1. The van der Waals surface area contributed by atoms with Crippen molar-refractivity contribution >= 4 is 11.8 Å². The molecule has 1 aliphatic carbocycles. The Balaban J connectivity index is 1.76. The molecule has 6 heteroatoms. The number of rotatable bonds is 6. The third kappa shape index (κ3) is 3.68. The van der Waals surface area contributed by atoms with E-state index in [1.54, 1.807) is 0 Å². The molecule has 1 fully saturated rings. The number of carboxylic acid groups (broad SMARTS) is 1. The van der Waals surface area contributed by atoms with E-state index in [1.807, 2.05) is 30.3 Å². The summed E-state index contributed by atoms with van der Waals surface area (Å²) in [5.74, 6) is 0.509. The van der Waals surface area contributed by atoms with Crippen molar-refractivity contribution in [3.63, 3.8) is 0 Å². The van der Waals surface area contributed by atoms with Gasteiger partial charge in [-0.15, -0.1) is 0 Å². The van der Waals surface area contributed by atoms with Crippen LogP contribution in [0.25, 0.3) is 0 Å². The summed E-state index contributed by atoms with van der Waals surface area (Å²) in [7, 11) is 0. The van der Waals surface area contributed by atoms with Crippen LogP contribution in [0.3, 0.4) is 0 Å². The molecule has 0 bridgehead atoms. The van der Waals surface area contributed by atoms with Crippen LogP contribution in [0.15, 0.2) is 36.4 Å². The topological polar surface area (TPSA) is 84.3 Å². The highest BCUT2D eigenvalue weighted by atomic mass is 16.5. The van der Waals surface area contributed by atoms with Crippen LogP contribution in [0.2, 0.25) is 0 Å². The Hall–Kier alpha value is -2.63. The molecule has 0 radical (unpaired) electrons. The van der Waals surface area contributed by atoms with Crippen LogP contribution in [-0.2, 0) is 6.61 Å². The summed E-state index contributed by atoms with van der Waals surface area (Å²) in [4.78, 5) is 19.4. The Morgan fingerprint density at radius 3 is 2.71 bits per heavy atom. The highest BCUT2D eigenvalue weighted by Crippen LogP contribution is 2.24. The van der Waals surface area contributed by atoms with E-state index in [1.165, 1.54) is 6.07 Å². The number of anilines is 1. The van der Waals surface area contributed by atoms with Gasteiger partial charge in [0.25, 0.3) is 0 Å². The summed E-state index contributed by atoms with van der Waals surface area (Å²) in [6.07, 6.45) is 2.17. The van der Waals surface area contributed by atoms with Gasteiger partial charge in [-0.2, -0.15) is 0 Å². The lowest BCUT2D eigenvalue weighted by Gasteiger charge is -2.09. The quantitative estimate of drug-likeness (QED) is 0.847. The highest BCUT2D eigenvalue weighted by molar-refractivity contribution is 5.86. The molecule has 108 valence electrons. The Morgan fingerprint density at radius 2 is 2.05 bits per heavy atom. The van der Waals surface area contributed by atoms with Gasteiger partial charge in [0.1, 0.15) is 18.2 Å². The van der Waals surface area contributed by atoms with E-state index in [2.05, 4.69) is 15.3 Å². The molecular formula is C15H15N3O3. The molecule has 0 aliphatic heterocycles. The van der Waals surface area contributed by atoms with Crippen molar-refractivity contribution in [3.8, 4) is 5.75 Å². The average Bonchev–Trinajstić information content (AvgIpc) is 3.30. The van der Waals surface area contributed by atoms with Crippen molar-refractivity contribution in [1.82, 2.24) is 9.97 Å². The van der Waals surface area contributed by atoms with Crippen LogP contribution in [0.1, 0.15) is 29.2 Å². The number of carboxylic acids is 1. The summed E-state index contributed by atoms with van der Waals surface area (Å²) in [6.45, 7) is 0.129. The van der Waals surface area contributed by atoms with Crippen LogP contribution < -0.4 is 10.1 Å². The zero-order valence-corrected chi connectivity index (χ0v) is 11.3. The maximum absolute atomic E-state index is 11.1. The van der Waals surface area contributed by atoms with Gasteiger partial charge in [0.15, 0.2) is 11.5 Å². The Labute approximate surface area is 121 Å². The normalized spacial score (nSPS) is 13.7. The standard InChI is InChI=1S/C15H15N3O3/c19-15(20)12-8-13(16-10-6-7-10)18-14(17-12)9-21-11-4-2-1-3-5-11/h1-5,8,10H,6-7,9H2,(H,19,20)(H,16,17,18). The van der Waals surface area contributed by atoms with Gasteiger partial charge in [0, 0.05) is 12.1 Å². The number of ether oxygens (including phenoxy) is 1. The first-order valence-electron chi connectivity index (χ1n) is 6.76. The number of carbonyl (C=O) groups is 1. The first kappa shape index (κ1) is 13.4. The molecule has 3 rings (SSSR count). The minimum absolute atomic E-state index is 0.0280. The van der Waals surface area contributed by atoms with Crippen molar-refractivity contribution in [2.75, 3.05) is 5.32 Å². The van der Waals surface area contributed by atoms with Gasteiger partial charge in [-0.3, -0.25) is 0 Å². The van der Waals surface area contributed by atoms with Crippen LogP contribution in [0, 0.1) is 0 Å². The fraction of sp³-hybridized carbons (Fsp3) is 0.267. The molecule has 1 saturated carbocycles. The second kappa shape index (κ2) is 5.78. The number of benzene rings is 1. The number of hydrogen-bond acceptors (Lipinski definition) is 5. The molecule has 2 N–H and O–H groups in total. The molecule has 1 aliphatic rings. The van der Waals surface area contributed by atoms with E-state index < -0.39 is 5.97 Å². The second-order valence-electron chi connectivity index (χ2n) is 4.88. The predicted octanol–water partition coefficient (Wildman–Crippen LogP) is 2.33. The molecule has 0 amide bonds. The van der Waals surface area contributed by atoms with Crippen LogP contribution in [0.5, 0.6) is 5.75 Å². The Bertz CT molecular complexity index is 642. The lowest BCUT2D eigenvalue weighted by Crippen LogP contribution is -2.12.